The lowest BCUT2D eigenvalue weighted by Crippen LogP contribution is -2.00. The molecule has 7 heteroatoms. The van der Waals surface area contributed by atoms with Gasteiger partial charge in [0.25, 0.3) is 0 Å². The molecule has 0 atom stereocenters. The van der Waals surface area contributed by atoms with Crippen LogP contribution in [0, 0.1) is 10.6 Å². The van der Waals surface area contributed by atoms with E-state index < -0.39 is 5.82 Å². The number of fused-ring (bicyclic) bond motifs is 1. The zero-order valence-corrected chi connectivity index (χ0v) is 11.6. The van der Waals surface area contributed by atoms with Crippen LogP contribution in [0.4, 0.5) is 4.39 Å². The standard InChI is InChI=1S/C12H10FN3OS2/c1-17-11-3-10-9(2-8(11)13)15-12(18)16(10)4-7-5-19-6-14-7/h2-3,5-6H,4H2,1H3,(H,15,18). The molecule has 0 saturated carbocycles. The second-order valence-electron chi connectivity index (χ2n) is 4.00. The molecule has 0 spiro atoms. The number of hydrogen-bond donors (Lipinski definition) is 1. The van der Waals surface area contributed by atoms with Gasteiger partial charge in [0.05, 0.1) is 35.9 Å². The van der Waals surface area contributed by atoms with Crippen LogP contribution in [0.3, 0.4) is 0 Å². The molecule has 2 heterocycles. The van der Waals surface area contributed by atoms with E-state index in [4.69, 9.17) is 17.0 Å². The van der Waals surface area contributed by atoms with Gasteiger partial charge in [0.15, 0.2) is 16.3 Å². The second kappa shape index (κ2) is 4.75. The number of H-pyrrole nitrogens is 1. The number of halogens is 1. The molecular formula is C12H10FN3OS2. The Balaban J connectivity index is 2.18. The number of hydrogen-bond acceptors (Lipinski definition) is 4. The van der Waals surface area contributed by atoms with Gasteiger partial charge in [0.2, 0.25) is 0 Å². The van der Waals surface area contributed by atoms with Gasteiger partial charge >= 0.3 is 0 Å². The Labute approximate surface area is 117 Å². The molecule has 2 aromatic heterocycles. The molecule has 0 saturated heterocycles. The molecule has 1 aromatic carbocycles. The molecule has 0 aliphatic heterocycles. The molecule has 3 aromatic rings. The van der Waals surface area contributed by atoms with E-state index in [0.29, 0.717) is 16.8 Å². The van der Waals surface area contributed by atoms with Gasteiger partial charge < -0.3 is 14.3 Å². The first kappa shape index (κ1) is 12.3. The molecule has 98 valence electrons. The van der Waals surface area contributed by atoms with E-state index >= 15 is 0 Å². The number of imidazole rings is 1. The minimum Gasteiger partial charge on any atom is -0.494 e. The van der Waals surface area contributed by atoms with Crippen molar-refractivity contribution in [2.75, 3.05) is 7.11 Å². The molecule has 0 fully saturated rings. The monoisotopic (exact) mass is 295 g/mol. The number of nitrogens with one attached hydrogen (secondary N) is 1. The zero-order valence-electron chi connectivity index (χ0n) is 10.0. The number of aromatic nitrogens is 3. The Morgan fingerprint density at radius 2 is 2.37 bits per heavy atom. The number of nitrogens with zero attached hydrogens (tertiary/aromatic N) is 2. The van der Waals surface area contributed by atoms with Crippen molar-refractivity contribution in [3.8, 4) is 5.75 Å². The van der Waals surface area contributed by atoms with Gasteiger partial charge in [-0.2, -0.15) is 0 Å². The molecule has 0 amide bonds. The largest absolute Gasteiger partial charge is 0.494 e. The van der Waals surface area contributed by atoms with Gasteiger partial charge in [-0.1, -0.05) is 0 Å². The topological polar surface area (TPSA) is 42.8 Å². The van der Waals surface area contributed by atoms with Crippen molar-refractivity contribution < 1.29 is 9.13 Å². The minimum absolute atomic E-state index is 0.202. The summed E-state index contributed by atoms with van der Waals surface area (Å²) < 4.78 is 21.1. The van der Waals surface area contributed by atoms with E-state index in [0.717, 1.165) is 11.2 Å². The maximum absolute atomic E-state index is 13.6. The highest BCUT2D eigenvalue weighted by Gasteiger charge is 2.11. The van der Waals surface area contributed by atoms with Gasteiger partial charge in [-0.3, -0.25) is 0 Å². The van der Waals surface area contributed by atoms with Crippen molar-refractivity contribution in [3.63, 3.8) is 0 Å². The smallest absolute Gasteiger partial charge is 0.178 e. The normalized spacial score (nSPS) is 11.1. The highest BCUT2D eigenvalue weighted by molar-refractivity contribution is 7.71. The minimum atomic E-state index is -0.410. The van der Waals surface area contributed by atoms with E-state index in [1.807, 2.05) is 9.95 Å². The third kappa shape index (κ3) is 2.15. The van der Waals surface area contributed by atoms with Crippen LogP contribution in [0.15, 0.2) is 23.0 Å². The molecule has 1 N–H and O–H groups in total. The predicted molar refractivity (Wildman–Crippen MR) is 74.8 cm³/mol. The number of methoxy groups -OCH3 is 1. The Morgan fingerprint density at radius 3 is 3.05 bits per heavy atom. The summed E-state index contributed by atoms with van der Waals surface area (Å²) >= 11 is 6.80. The first-order valence-corrected chi connectivity index (χ1v) is 6.87. The summed E-state index contributed by atoms with van der Waals surface area (Å²) in [6.45, 7) is 0.553. The maximum Gasteiger partial charge on any atom is 0.178 e. The molecule has 19 heavy (non-hydrogen) atoms. The van der Waals surface area contributed by atoms with E-state index in [2.05, 4.69) is 9.97 Å². The maximum atomic E-state index is 13.6. The molecule has 0 unspecified atom stereocenters. The number of rotatable bonds is 3. The van der Waals surface area contributed by atoms with Gasteiger partial charge in [-0.15, -0.1) is 11.3 Å². The molecular weight excluding hydrogens is 285 g/mol. The van der Waals surface area contributed by atoms with Crippen LogP contribution < -0.4 is 4.74 Å². The average Bonchev–Trinajstić information content (AvgIpc) is 2.98. The summed E-state index contributed by atoms with van der Waals surface area (Å²) in [6.07, 6.45) is 0. The molecule has 0 aliphatic rings. The molecule has 0 aliphatic carbocycles. The van der Waals surface area contributed by atoms with Crippen LogP contribution in [0.25, 0.3) is 11.0 Å². The molecule has 0 radical (unpaired) electrons. The quantitative estimate of drug-likeness (QED) is 0.754. The van der Waals surface area contributed by atoms with E-state index in [1.54, 1.807) is 11.6 Å². The number of ether oxygens (including phenoxy) is 1. The number of thiazole rings is 1. The van der Waals surface area contributed by atoms with Gasteiger partial charge in [-0.05, 0) is 12.2 Å². The Morgan fingerprint density at radius 1 is 1.53 bits per heavy atom. The lowest BCUT2D eigenvalue weighted by molar-refractivity contribution is 0.387. The molecule has 4 nitrogen and oxygen atoms in total. The van der Waals surface area contributed by atoms with Crippen LogP contribution in [-0.2, 0) is 6.54 Å². The van der Waals surface area contributed by atoms with Crippen molar-refractivity contribution in [1.82, 2.24) is 14.5 Å². The summed E-state index contributed by atoms with van der Waals surface area (Å²) in [6, 6.07) is 3.03. The fourth-order valence-electron chi connectivity index (χ4n) is 1.95. The highest BCUT2D eigenvalue weighted by Crippen LogP contribution is 2.25. The summed E-state index contributed by atoms with van der Waals surface area (Å²) in [5.41, 5.74) is 4.15. The zero-order chi connectivity index (χ0) is 13.4. The van der Waals surface area contributed by atoms with Crippen LogP contribution in [0.2, 0.25) is 0 Å². The van der Waals surface area contributed by atoms with Crippen molar-refractivity contribution in [1.29, 1.82) is 0 Å². The fourth-order valence-corrected chi connectivity index (χ4v) is 2.77. The summed E-state index contributed by atoms with van der Waals surface area (Å²) in [7, 11) is 1.44. The fraction of sp³-hybridized carbons (Fsp3) is 0.167. The van der Waals surface area contributed by atoms with E-state index in [9.17, 15) is 4.39 Å². The van der Waals surface area contributed by atoms with Gasteiger partial charge in [0.1, 0.15) is 0 Å². The Bertz CT molecular complexity index is 776. The third-order valence-corrected chi connectivity index (χ3v) is 3.81. The summed E-state index contributed by atoms with van der Waals surface area (Å²) in [5.74, 6) is -0.208. The highest BCUT2D eigenvalue weighted by atomic mass is 32.1. The van der Waals surface area contributed by atoms with Crippen LogP contribution in [0.1, 0.15) is 5.69 Å². The lowest BCUT2D eigenvalue weighted by atomic mass is 10.3. The number of aromatic amines is 1. The average molecular weight is 295 g/mol. The first-order chi connectivity index (χ1) is 9.19. The Kier molecular flexibility index (Phi) is 3.08. The lowest BCUT2D eigenvalue weighted by Gasteiger charge is -2.05. The summed E-state index contributed by atoms with van der Waals surface area (Å²) in [4.78, 5) is 7.22. The molecule has 3 rings (SSSR count). The second-order valence-corrected chi connectivity index (χ2v) is 5.11. The SMILES string of the molecule is COc1cc2c(cc1F)[nH]c(=S)n2Cc1cscn1. The van der Waals surface area contributed by atoms with Crippen molar-refractivity contribution in [2.24, 2.45) is 0 Å². The van der Waals surface area contributed by atoms with Crippen LogP contribution in [0.5, 0.6) is 5.75 Å². The van der Waals surface area contributed by atoms with Crippen LogP contribution >= 0.6 is 23.6 Å². The van der Waals surface area contributed by atoms with Crippen LogP contribution in [-0.4, -0.2) is 21.6 Å². The predicted octanol–water partition coefficient (Wildman–Crippen LogP) is 3.35. The van der Waals surface area contributed by atoms with E-state index in [-0.39, 0.29) is 5.75 Å². The van der Waals surface area contributed by atoms with E-state index in [1.165, 1.54) is 24.5 Å². The Hall–Kier alpha value is -1.73. The molecule has 0 bridgehead atoms. The first-order valence-electron chi connectivity index (χ1n) is 5.52. The number of benzene rings is 1. The van der Waals surface area contributed by atoms with Gasteiger partial charge in [-0.25, -0.2) is 9.37 Å². The summed E-state index contributed by atoms with van der Waals surface area (Å²) in [5, 5.41) is 1.96. The van der Waals surface area contributed by atoms with Gasteiger partial charge in [0, 0.05) is 17.5 Å². The third-order valence-electron chi connectivity index (χ3n) is 2.85. The van der Waals surface area contributed by atoms with Crippen molar-refractivity contribution >= 4 is 34.6 Å². The van der Waals surface area contributed by atoms with Crippen molar-refractivity contribution in [3.05, 3.63) is 39.3 Å². The van der Waals surface area contributed by atoms with Crippen molar-refractivity contribution in [2.45, 2.75) is 6.54 Å².